The van der Waals surface area contributed by atoms with Gasteiger partial charge in [-0.3, -0.25) is 4.79 Å². The molecule has 1 amide bonds. The fraction of sp³-hybridized carbons (Fsp3) is 0.500. The van der Waals surface area contributed by atoms with E-state index >= 15 is 0 Å². The van der Waals surface area contributed by atoms with Crippen molar-refractivity contribution in [1.29, 1.82) is 0 Å². The van der Waals surface area contributed by atoms with Gasteiger partial charge in [-0.25, -0.2) is 19.9 Å². The third kappa shape index (κ3) is 3.80. The molecule has 0 bridgehead atoms. The maximum Gasteiger partial charge on any atom is 0.225 e. The highest BCUT2D eigenvalue weighted by atomic mass is 16.5. The SMILES string of the molecule is CC(C)C(=O)N1CCOC(c2nc(N(C)C)ncc2-c2cncnc2)C1. The Morgan fingerprint density at radius 1 is 1.27 bits per heavy atom. The van der Waals surface area contributed by atoms with E-state index in [1.807, 2.05) is 37.7 Å². The summed E-state index contributed by atoms with van der Waals surface area (Å²) in [4.78, 5) is 33.4. The first-order chi connectivity index (χ1) is 12.5. The number of hydrogen-bond acceptors (Lipinski definition) is 7. The number of anilines is 1. The molecule has 0 aliphatic carbocycles. The van der Waals surface area contributed by atoms with Crippen LogP contribution in [0.15, 0.2) is 24.9 Å². The Kier molecular flexibility index (Phi) is 5.41. The maximum absolute atomic E-state index is 12.4. The Morgan fingerprint density at radius 3 is 2.65 bits per heavy atom. The fourth-order valence-electron chi connectivity index (χ4n) is 2.89. The van der Waals surface area contributed by atoms with Gasteiger partial charge in [0.05, 0.1) is 18.8 Å². The Labute approximate surface area is 153 Å². The summed E-state index contributed by atoms with van der Waals surface area (Å²) in [5.41, 5.74) is 2.39. The lowest BCUT2D eigenvalue weighted by atomic mass is 10.0. The molecular weight excluding hydrogens is 332 g/mol. The molecular formula is C18H24N6O2. The molecule has 1 unspecified atom stereocenters. The Hall–Kier alpha value is -2.61. The first kappa shape index (κ1) is 18.2. The Morgan fingerprint density at radius 2 is 2.00 bits per heavy atom. The van der Waals surface area contributed by atoms with Gasteiger partial charge in [0.1, 0.15) is 12.4 Å². The van der Waals surface area contributed by atoms with Crippen LogP contribution in [0.4, 0.5) is 5.95 Å². The molecule has 3 heterocycles. The zero-order valence-electron chi connectivity index (χ0n) is 15.6. The van der Waals surface area contributed by atoms with Crippen molar-refractivity contribution in [3.8, 4) is 11.1 Å². The molecule has 8 heteroatoms. The van der Waals surface area contributed by atoms with Crippen molar-refractivity contribution in [2.75, 3.05) is 38.7 Å². The van der Waals surface area contributed by atoms with E-state index in [0.29, 0.717) is 25.6 Å². The van der Waals surface area contributed by atoms with Gasteiger partial charge in [0.15, 0.2) is 0 Å². The zero-order chi connectivity index (χ0) is 18.7. The van der Waals surface area contributed by atoms with E-state index in [2.05, 4.69) is 15.0 Å². The summed E-state index contributed by atoms with van der Waals surface area (Å²) in [5.74, 6) is 0.680. The van der Waals surface area contributed by atoms with Crippen LogP contribution in [0, 0.1) is 5.92 Å². The fourth-order valence-corrected chi connectivity index (χ4v) is 2.89. The van der Waals surface area contributed by atoms with E-state index in [9.17, 15) is 4.79 Å². The zero-order valence-corrected chi connectivity index (χ0v) is 15.6. The molecule has 1 aliphatic heterocycles. The molecule has 1 atom stereocenters. The van der Waals surface area contributed by atoms with Crippen LogP contribution in [0.2, 0.25) is 0 Å². The molecule has 8 nitrogen and oxygen atoms in total. The average molecular weight is 356 g/mol. The summed E-state index contributed by atoms with van der Waals surface area (Å²) in [7, 11) is 3.78. The van der Waals surface area contributed by atoms with Gasteiger partial charge < -0.3 is 14.5 Å². The number of morpholine rings is 1. The van der Waals surface area contributed by atoms with Crippen LogP contribution in [0.5, 0.6) is 0 Å². The predicted molar refractivity (Wildman–Crippen MR) is 97.5 cm³/mol. The summed E-state index contributed by atoms with van der Waals surface area (Å²) < 4.78 is 5.98. The second-order valence-corrected chi connectivity index (χ2v) is 6.79. The number of nitrogens with zero attached hydrogens (tertiary/aromatic N) is 6. The number of amides is 1. The first-order valence-corrected chi connectivity index (χ1v) is 8.67. The minimum atomic E-state index is -0.316. The second-order valence-electron chi connectivity index (χ2n) is 6.79. The van der Waals surface area contributed by atoms with E-state index in [1.165, 1.54) is 6.33 Å². The number of aromatic nitrogens is 4. The van der Waals surface area contributed by atoms with Crippen LogP contribution in [0.25, 0.3) is 11.1 Å². The van der Waals surface area contributed by atoms with E-state index in [-0.39, 0.29) is 17.9 Å². The van der Waals surface area contributed by atoms with Crippen molar-refractivity contribution in [2.45, 2.75) is 20.0 Å². The lowest BCUT2D eigenvalue weighted by Gasteiger charge is -2.34. The summed E-state index contributed by atoms with van der Waals surface area (Å²) in [6, 6.07) is 0. The molecule has 0 N–H and O–H groups in total. The summed E-state index contributed by atoms with van der Waals surface area (Å²) in [6.45, 7) is 5.38. The van der Waals surface area contributed by atoms with Crippen molar-refractivity contribution < 1.29 is 9.53 Å². The van der Waals surface area contributed by atoms with Crippen LogP contribution in [-0.2, 0) is 9.53 Å². The third-order valence-electron chi connectivity index (χ3n) is 4.25. The minimum absolute atomic E-state index is 0.0431. The van der Waals surface area contributed by atoms with E-state index < -0.39 is 0 Å². The molecule has 1 aliphatic rings. The van der Waals surface area contributed by atoms with Gasteiger partial charge >= 0.3 is 0 Å². The molecule has 2 aromatic heterocycles. The first-order valence-electron chi connectivity index (χ1n) is 8.67. The summed E-state index contributed by atoms with van der Waals surface area (Å²) in [5, 5.41) is 0. The molecule has 0 saturated carbocycles. The van der Waals surface area contributed by atoms with Crippen molar-refractivity contribution in [2.24, 2.45) is 5.92 Å². The lowest BCUT2D eigenvalue weighted by Crippen LogP contribution is -2.44. The van der Waals surface area contributed by atoms with Crippen molar-refractivity contribution in [1.82, 2.24) is 24.8 Å². The van der Waals surface area contributed by atoms with E-state index in [1.54, 1.807) is 18.6 Å². The number of carbonyl (C=O) groups is 1. The van der Waals surface area contributed by atoms with Gasteiger partial charge in [-0.05, 0) is 0 Å². The van der Waals surface area contributed by atoms with Crippen LogP contribution in [0.1, 0.15) is 25.6 Å². The maximum atomic E-state index is 12.4. The molecule has 26 heavy (non-hydrogen) atoms. The predicted octanol–water partition coefficient (Wildman–Crippen LogP) is 1.56. The van der Waals surface area contributed by atoms with E-state index in [4.69, 9.17) is 9.72 Å². The highest BCUT2D eigenvalue weighted by molar-refractivity contribution is 5.78. The highest BCUT2D eigenvalue weighted by Crippen LogP contribution is 2.31. The summed E-state index contributed by atoms with van der Waals surface area (Å²) in [6.07, 6.45) is 6.39. The Balaban J connectivity index is 1.99. The molecule has 1 fully saturated rings. The quantitative estimate of drug-likeness (QED) is 0.822. The van der Waals surface area contributed by atoms with E-state index in [0.717, 1.165) is 16.8 Å². The van der Waals surface area contributed by atoms with Gasteiger partial charge in [-0.15, -0.1) is 0 Å². The molecule has 138 valence electrons. The molecule has 2 aromatic rings. The standard InChI is InChI=1S/C18H24N6O2/c1-12(2)17(25)24-5-6-26-15(10-24)16-14(13-7-19-11-20-8-13)9-21-18(22-16)23(3)4/h7-9,11-12,15H,5-6,10H2,1-4H3. The second kappa shape index (κ2) is 7.74. The van der Waals surface area contributed by atoms with Gasteiger partial charge in [0.2, 0.25) is 11.9 Å². The van der Waals surface area contributed by atoms with Crippen molar-refractivity contribution in [3.05, 3.63) is 30.6 Å². The van der Waals surface area contributed by atoms with Crippen LogP contribution >= 0.6 is 0 Å². The van der Waals surface area contributed by atoms with Gasteiger partial charge in [-0.1, -0.05) is 13.8 Å². The number of carbonyl (C=O) groups excluding carboxylic acids is 1. The summed E-state index contributed by atoms with van der Waals surface area (Å²) >= 11 is 0. The van der Waals surface area contributed by atoms with Gasteiger partial charge in [-0.2, -0.15) is 0 Å². The number of hydrogen-bond donors (Lipinski definition) is 0. The topological polar surface area (TPSA) is 84.3 Å². The number of rotatable bonds is 4. The molecule has 1 saturated heterocycles. The van der Waals surface area contributed by atoms with Crippen LogP contribution in [-0.4, -0.2) is 64.5 Å². The minimum Gasteiger partial charge on any atom is -0.368 e. The molecule has 0 spiro atoms. The Bertz CT molecular complexity index is 766. The molecule has 0 radical (unpaired) electrons. The molecule has 0 aromatic carbocycles. The largest absolute Gasteiger partial charge is 0.368 e. The number of ether oxygens (including phenoxy) is 1. The molecule has 3 rings (SSSR count). The van der Waals surface area contributed by atoms with Crippen LogP contribution in [0.3, 0.4) is 0 Å². The third-order valence-corrected chi connectivity index (χ3v) is 4.25. The monoisotopic (exact) mass is 356 g/mol. The highest BCUT2D eigenvalue weighted by Gasteiger charge is 2.30. The normalized spacial score (nSPS) is 17.4. The van der Waals surface area contributed by atoms with Gasteiger partial charge in [0.25, 0.3) is 0 Å². The smallest absolute Gasteiger partial charge is 0.225 e. The van der Waals surface area contributed by atoms with Crippen molar-refractivity contribution in [3.63, 3.8) is 0 Å². The van der Waals surface area contributed by atoms with Gasteiger partial charge in [0, 0.05) is 56.3 Å². The average Bonchev–Trinajstić information content (AvgIpc) is 2.67. The van der Waals surface area contributed by atoms with Crippen molar-refractivity contribution >= 4 is 11.9 Å². The van der Waals surface area contributed by atoms with Crippen LogP contribution < -0.4 is 4.90 Å². The lowest BCUT2D eigenvalue weighted by molar-refractivity contribution is -0.142.